The van der Waals surface area contributed by atoms with E-state index < -0.39 is 12.0 Å². The Hall–Kier alpha value is -2.53. The fourth-order valence-corrected chi connectivity index (χ4v) is 4.38. The van der Waals surface area contributed by atoms with E-state index in [1.54, 1.807) is 24.3 Å². The number of fused-ring (bicyclic) bond motifs is 1. The second kappa shape index (κ2) is 8.31. The summed E-state index contributed by atoms with van der Waals surface area (Å²) in [6, 6.07) is 6.68. The second-order valence-corrected chi connectivity index (χ2v) is 8.61. The van der Waals surface area contributed by atoms with Crippen molar-refractivity contribution in [3.05, 3.63) is 35.1 Å². The third-order valence-corrected chi connectivity index (χ3v) is 5.95. The number of imidazole rings is 1. The Balaban J connectivity index is 1.37. The Labute approximate surface area is 174 Å². The summed E-state index contributed by atoms with van der Waals surface area (Å²) in [7, 11) is 0. The van der Waals surface area contributed by atoms with E-state index in [0.29, 0.717) is 29.3 Å². The van der Waals surface area contributed by atoms with Crippen molar-refractivity contribution < 1.29 is 18.0 Å². The van der Waals surface area contributed by atoms with Crippen molar-refractivity contribution >= 4 is 33.4 Å². The first-order chi connectivity index (χ1) is 14.3. The molecule has 1 N–H and O–H groups in total. The van der Waals surface area contributed by atoms with Crippen LogP contribution in [0.3, 0.4) is 0 Å². The number of anilines is 1. The summed E-state index contributed by atoms with van der Waals surface area (Å²) in [5, 5.41) is 11.7. The molecule has 4 rings (SSSR count). The Morgan fingerprint density at radius 1 is 1.23 bits per heavy atom. The highest BCUT2D eigenvalue weighted by Gasteiger charge is 2.38. The van der Waals surface area contributed by atoms with Gasteiger partial charge in [0.1, 0.15) is 5.01 Å². The summed E-state index contributed by atoms with van der Waals surface area (Å²) in [6.45, 7) is 3.61. The molecule has 3 heterocycles. The third-order valence-electron chi connectivity index (χ3n) is 5.20. The lowest BCUT2D eigenvalue weighted by atomic mass is 9.96. The number of piperidine rings is 1. The molecule has 11 heteroatoms. The van der Waals surface area contributed by atoms with Crippen LogP contribution in [0.15, 0.2) is 24.3 Å². The SMILES string of the molecule is Cc1nnc(NC(=O)CN2CCC(Cn3c(C(F)(F)F)nc4ccccc43)CC2)s1. The van der Waals surface area contributed by atoms with Crippen molar-refractivity contribution in [2.24, 2.45) is 5.92 Å². The number of para-hydroxylation sites is 2. The lowest BCUT2D eigenvalue weighted by Crippen LogP contribution is -2.40. The zero-order valence-electron chi connectivity index (χ0n) is 16.3. The number of aromatic nitrogens is 4. The molecular weight excluding hydrogens is 417 g/mol. The molecule has 0 aliphatic carbocycles. The van der Waals surface area contributed by atoms with Gasteiger partial charge in [0, 0.05) is 6.54 Å². The molecule has 160 valence electrons. The number of aryl methyl sites for hydroxylation is 1. The first-order valence-electron chi connectivity index (χ1n) is 9.64. The zero-order valence-corrected chi connectivity index (χ0v) is 17.1. The maximum absolute atomic E-state index is 13.5. The van der Waals surface area contributed by atoms with Gasteiger partial charge >= 0.3 is 6.18 Å². The molecule has 2 aromatic heterocycles. The summed E-state index contributed by atoms with van der Waals surface area (Å²) < 4.78 is 41.7. The molecule has 0 saturated carbocycles. The van der Waals surface area contributed by atoms with Gasteiger partial charge in [-0.25, -0.2) is 4.98 Å². The molecule has 30 heavy (non-hydrogen) atoms. The second-order valence-electron chi connectivity index (χ2n) is 7.43. The minimum Gasteiger partial charge on any atom is -0.320 e. The highest BCUT2D eigenvalue weighted by Crippen LogP contribution is 2.33. The van der Waals surface area contributed by atoms with E-state index in [-0.39, 0.29) is 24.9 Å². The van der Waals surface area contributed by atoms with Gasteiger partial charge in [-0.3, -0.25) is 15.0 Å². The molecule has 1 amide bonds. The van der Waals surface area contributed by atoms with Crippen molar-refractivity contribution in [1.29, 1.82) is 0 Å². The average Bonchev–Trinajstić information content (AvgIpc) is 3.27. The van der Waals surface area contributed by atoms with E-state index in [1.807, 2.05) is 11.8 Å². The van der Waals surface area contributed by atoms with Crippen molar-refractivity contribution in [2.75, 3.05) is 25.0 Å². The molecule has 0 radical (unpaired) electrons. The molecule has 1 aliphatic heterocycles. The van der Waals surface area contributed by atoms with Gasteiger partial charge in [0.25, 0.3) is 0 Å². The number of carbonyl (C=O) groups is 1. The average molecular weight is 438 g/mol. The number of hydrogen-bond donors (Lipinski definition) is 1. The molecule has 7 nitrogen and oxygen atoms in total. The van der Waals surface area contributed by atoms with Crippen LogP contribution in [0.2, 0.25) is 0 Å². The summed E-state index contributed by atoms with van der Waals surface area (Å²) in [5.41, 5.74) is 0.852. The van der Waals surface area contributed by atoms with E-state index in [9.17, 15) is 18.0 Å². The first kappa shape index (κ1) is 20.7. The topological polar surface area (TPSA) is 75.9 Å². The highest BCUT2D eigenvalue weighted by atomic mass is 32.1. The van der Waals surface area contributed by atoms with Crippen LogP contribution in [-0.4, -0.2) is 50.2 Å². The lowest BCUT2D eigenvalue weighted by molar-refractivity contribution is -0.147. The molecule has 1 fully saturated rings. The predicted molar refractivity (Wildman–Crippen MR) is 107 cm³/mol. The van der Waals surface area contributed by atoms with E-state index in [1.165, 1.54) is 15.9 Å². The van der Waals surface area contributed by atoms with Gasteiger partial charge in [-0.15, -0.1) is 10.2 Å². The fourth-order valence-electron chi connectivity index (χ4n) is 3.77. The Morgan fingerprint density at radius 2 is 1.97 bits per heavy atom. The van der Waals surface area contributed by atoms with Gasteiger partial charge in [-0.2, -0.15) is 13.2 Å². The van der Waals surface area contributed by atoms with Crippen molar-refractivity contribution in [2.45, 2.75) is 32.5 Å². The van der Waals surface area contributed by atoms with Gasteiger partial charge in [0.05, 0.1) is 17.6 Å². The van der Waals surface area contributed by atoms with Crippen LogP contribution in [0.5, 0.6) is 0 Å². The Kier molecular flexibility index (Phi) is 5.74. The Morgan fingerprint density at radius 3 is 2.63 bits per heavy atom. The van der Waals surface area contributed by atoms with E-state index in [4.69, 9.17) is 0 Å². The van der Waals surface area contributed by atoms with Crippen molar-refractivity contribution in [3.63, 3.8) is 0 Å². The van der Waals surface area contributed by atoms with Gasteiger partial charge in [0.15, 0.2) is 0 Å². The van der Waals surface area contributed by atoms with E-state index in [0.717, 1.165) is 17.8 Å². The smallest absolute Gasteiger partial charge is 0.320 e. The molecule has 0 atom stereocenters. The Bertz CT molecular complexity index is 1040. The third kappa shape index (κ3) is 4.62. The molecule has 1 aliphatic rings. The number of carbonyl (C=O) groups excluding carboxylic acids is 1. The highest BCUT2D eigenvalue weighted by molar-refractivity contribution is 7.15. The standard InChI is InChI=1S/C19H21F3N6OS/c1-12-25-26-18(30-12)24-16(29)11-27-8-6-13(7-9-27)10-28-15-5-3-2-4-14(15)23-17(28)19(20,21)22/h2-5,13H,6-11H2,1H3,(H,24,26,29). The van der Waals surface area contributed by atoms with Crippen molar-refractivity contribution in [1.82, 2.24) is 24.6 Å². The number of halogens is 3. The molecule has 3 aromatic rings. The number of rotatable bonds is 5. The van der Waals surface area contributed by atoms with Crippen molar-refractivity contribution in [3.8, 4) is 0 Å². The number of likely N-dealkylation sites (tertiary alicyclic amines) is 1. The molecule has 1 saturated heterocycles. The number of nitrogens with zero attached hydrogens (tertiary/aromatic N) is 5. The maximum atomic E-state index is 13.5. The van der Waals surface area contributed by atoms with Crippen LogP contribution in [0.4, 0.5) is 18.3 Å². The molecular formula is C19H21F3N6OS. The summed E-state index contributed by atoms with van der Waals surface area (Å²) in [5.74, 6) is -0.920. The van der Waals surface area contributed by atoms with Crippen LogP contribution in [-0.2, 0) is 17.5 Å². The predicted octanol–water partition coefficient (Wildman–Crippen LogP) is 3.57. The summed E-state index contributed by atoms with van der Waals surface area (Å²) in [4.78, 5) is 18.0. The van der Waals surface area contributed by atoms with E-state index >= 15 is 0 Å². The van der Waals surface area contributed by atoms with Gasteiger partial charge < -0.3 is 4.57 Å². The normalized spacial score (nSPS) is 16.3. The van der Waals surface area contributed by atoms with Gasteiger partial charge in [0.2, 0.25) is 16.9 Å². The molecule has 1 aromatic carbocycles. The van der Waals surface area contributed by atoms with Gasteiger partial charge in [-0.1, -0.05) is 23.5 Å². The molecule has 0 bridgehead atoms. The number of hydrogen-bond acceptors (Lipinski definition) is 6. The van der Waals surface area contributed by atoms with Crippen LogP contribution in [0, 0.1) is 12.8 Å². The van der Waals surface area contributed by atoms with Gasteiger partial charge in [-0.05, 0) is 50.9 Å². The number of amides is 1. The summed E-state index contributed by atoms with van der Waals surface area (Å²) >= 11 is 1.31. The van der Waals surface area contributed by atoms with Crippen LogP contribution < -0.4 is 5.32 Å². The molecule has 0 unspecified atom stereocenters. The lowest BCUT2D eigenvalue weighted by Gasteiger charge is -2.32. The largest absolute Gasteiger partial charge is 0.449 e. The fraction of sp³-hybridized carbons (Fsp3) is 0.474. The maximum Gasteiger partial charge on any atom is 0.449 e. The van der Waals surface area contributed by atoms with Crippen LogP contribution in [0.25, 0.3) is 11.0 Å². The monoisotopic (exact) mass is 438 g/mol. The minimum atomic E-state index is -4.50. The first-order valence-corrected chi connectivity index (χ1v) is 10.5. The number of benzene rings is 1. The number of alkyl halides is 3. The van der Waals surface area contributed by atoms with Crippen LogP contribution >= 0.6 is 11.3 Å². The number of nitrogens with one attached hydrogen (secondary N) is 1. The van der Waals surface area contributed by atoms with E-state index in [2.05, 4.69) is 20.5 Å². The summed E-state index contributed by atoms with van der Waals surface area (Å²) in [6.07, 6.45) is -3.06. The molecule has 0 spiro atoms. The minimum absolute atomic E-state index is 0.0915. The van der Waals surface area contributed by atoms with Crippen LogP contribution in [0.1, 0.15) is 23.7 Å². The quantitative estimate of drug-likeness (QED) is 0.659. The zero-order chi connectivity index (χ0) is 21.3.